The summed E-state index contributed by atoms with van der Waals surface area (Å²) in [6.45, 7) is 2.97. The molecular weight excluding hydrogens is 339 g/mol. The Morgan fingerprint density at radius 1 is 1.36 bits per heavy atom. The number of hydrogen-bond donors (Lipinski definition) is 1. The Bertz CT molecular complexity index is 620. The van der Waals surface area contributed by atoms with Crippen LogP contribution in [0.15, 0.2) is 36.5 Å². The van der Waals surface area contributed by atoms with E-state index in [1.165, 1.54) is 12.0 Å². The van der Waals surface area contributed by atoms with Gasteiger partial charge in [0.15, 0.2) is 0 Å². The molecule has 1 fully saturated rings. The van der Waals surface area contributed by atoms with Gasteiger partial charge in [-0.25, -0.2) is 0 Å². The summed E-state index contributed by atoms with van der Waals surface area (Å²) in [4.78, 5) is 2.39. The van der Waals surface area contributed by atoms with Crippen molar-refractivity contribution in [2.45, 2.75) is 17.7 Å². The van der Waals surface area contributed by atoms with Crippen LogP contribution in [0.1, 0.15) is 12.0 Å². The summed E-state index contributed by atoms with van der Waals surface area (Å²) >= 11 is 1.83. The van der Waals surface area contributed by atoms with Crippen molar-refractivity contribution in [1.29, 1.82) is 0 Å². The van der Waals surface area contributed by atoms with Gasteiger partial charge >= 0.3 is 127 Å². The second kappa shape index (κ2) is 7.01. The zero-order chi connectivity index (χ0) is 15.4. The summed E-state index contributed by atoms with van der Waals surface area (Å²) in [7, 11) is 1.68. The molecular formula is C16H21AsN4O. The van der Waals surface area contributed by atoms with Gasteiger partial charge in [0, 0.05) is 0 Å². The zero-order valence-corrected chi connectivity index (χ0v) is 15.1. The number of nitrogens with one attached hydrogen (secondary N) is 1. The molecule has 6 heteroatoms. The predicted molar refractivity (Wildman–Crippen MR) is 91.5 cm³/mol. The Morgan fingerprint density at radius 2 is 2.18 bits per heavy atom. The molecule has 2 atom stereocenters. The van der Waals surface area contributed by atoms with Crippen LogP contribution >= 0.6 is 0 Å². The van der Waals surface area contributed by atoms with Gasteiger partial charge in [0.2, 0.25) is 0 Å². The van der Waals surface area contributed by atoms with Crippen molar-refractivity contribution in [2.75, 3.05) is 30.4 Å². The maximum absolute atomic E-state index is 5.17. The molecule has 116 valence electrons. The van der Waals surface area contributed by atoms with Crippen molar-refractivity contribution in [1.82, 2.24) is 10.2 Å². The Hall–Kier alpha value is -1.74. The fourth-order valence-corrected chi connectivity index (χ4v) is 3.42. The van der Waals surface area contributed by atoms with Gasteiger partial charge < -0.3 is 4.74 Å². The van der Waals surface area contributed by atoms with Crippen LogP contribution in [0, 0.1) is 0 Å². The summed E-state index contributed by atoms with van der Waals surface area (Å²) < 4.78 is 5.98. The average molecular weight is 360 g/mol. The topological polar surface area (TPSA) is 50.3 Å². The van der Waals surface area contributed by atoms with E-state index in [-0.39, 0.29) is 0 Å². The average Bonchev–Trinajstić information content (AvgIpc) is 3.00. The van der Waals surface area contributed by atoms with Crippen molar-refractivity contribution >= 4 is 28.4 Å². The Morgan fingerprint density at radius 3 is 2.86 bits per heavy atom. The maximum atomic E-state index is 5.17. The number of anilines is 2. The molecule has 1 aromatic heterocycles. The molecule has 22 heavy (non-hydrogen) atoms. The second-order valence-electron chi connectivity index (χ2n) is 5.50. The first-order valence-electron chi connectivity index (χ1n) is 7.44. The van der Waals surface area contributed by atoms with E-state index < -0.39 is 0 Å². The van der Waals surface area contributed by atoms with Gasteiger partial charge in [-0.05, 0) is 0 Å². The van der Waals surface area contributed by atoms with Crippen LogP contribution < -0.4 is 15.0 Å². The van der Waals surface area contributed by atoms with Crippen molar-refractivity contribution in [3.63, 3.8) is 0 Å². The first-order chi connectivity index (χ1) is 10.7. The van der Waals surface area contributed by atoms with E-state index in [0.717, 1.165) is 41.6 Å². The predicted octanol–water partition coefficient (Wildman–Crippen LogP) is 1.73. The summed E-state index contributed by atoms with van der Waals surface area (Å²) in [5, 5.41) is 11.6. The van der Waals surface area contributed by atoms with Gasteiger partial charge in [0.25, 0.3) is 0 Å². The molecule has 1 aliphatic rings. The van der Waals surface area contributed by atoms with Gasteiger partial charge in [-0.1, -0.05) is 0 Å². The summed E-state index contributed by atoms with van der Waals surface area (Å²) in [5.41, 5.74) is 2.35. The number of ether oxygens (including phenoxy) is 1. The number of rotatable bonds is 5. The van der Waals surface area contributed by atoms with E-state index in [1.54, 1.807) is 7.11 Å². The van der Waals surface area contributed by atoms with Crippen LogP contribution in [0.25, 0.3) is 0 Å². The molecule has 0 radical (unpaired) electrons. The van der Waals surface area contributed by atoms with Crippen LogP contribution in [0.4, 0.5) is 11.5 Å². The minimum absolute atomic E-state index is 0.724. The molecule has 1 aromatic carbocycles. The standard InChI is InChI=1S/C16H21AsN4O/c1-22-15-4-2-12(3-5-15)9-18-16-8-14(10-19-20-16)21-7-6-13(17)11-21/h2-5,8,10,13H,6-7,9,11,17H2,1H3,(H,18,20)/t13-/m1/s1. The molecule has 2 aromatic rings. The van der Waals surface area contributed by atoms with Crippen molar-refractivity contribution in [2.24, 2.45) is 0 Å². The Labute approximate surface area is 139 Å². The molecule has 3 rings (SSSR count). The fourth-order valence-electron chi connectivity index (χ4n) is 2.57. The van der Waals surface area contributed by atoms with E-state index in [0.29, 0.717) is 0 Å². The number of benzene rings is 1. The first-order valence-corrected chi connectivity index (χ1v) is 8.84. The molecule has 0 bridgehead atoms. The van der Waals surface area contributed by atoms with E-state index in [4.69, 9.17) is 4.74 Å². The molecule has 1 aliphatic heterocycles. The summed E-state index contributed by atoms with van der Waals surface area (Å²) in [6, 6.07) is 10.1. The molecule has 0 amide bonds. The van der Waals surface area contributed by atoms with Crippen LogP contribution in [0.3, 0.4) is 0 Å². The third kappa shape index (κ3) is 3.72. The third-order valence-corrected chi connectivity index (χ3v) is 5.00. The molecule has 1 N–H and O–H groups in total. The van der Waals surface area contributed by atoms with Crippen LogP contribution in [0.2, 0.25) is 4.71 Å². The fraction of sp³-hybridized carbons (Fsp3) is 0.375. The molecule has 2 heterocycles. The number of aromatic nitrogens is 2. The van der Waals surface area contributed by atoms with Crippen molar-refractivity contribution in [3.8, 4) is 5.75 Å². The normalized spacial score (nSPS) is 17.5. The first kappa shape index (κ1) is 15.2. The number of hydrogen-bond acceptors (Lipinski definition) is 5. The van der Waals surface area contributed by atoms with Crippen LogP contribution in [-0.4, -0.2) is 47.2 Å². The SMILES string of the molecule is COc1ccc(CNc2cc(N3CC[C@@H]([AsH2])C3)cnn2)cc1. The third-order valence-electron chi connectivity index (χ3n) is 3.86. The molecule has 1 saturated heterocycles. The van der Waals surface area contributed by atoms with Gasteiger partial charge in [0.05, 0.1) is 7.11 Å². The number of methoxy groups -OCH3 is 1. The summed E-state index contributed by atoms with van der Waals surface area (Å²) in [5.74, 6) is 1.69. The van der Waals surface area contributed by atoms with E-state index in [2.05, 4.69) is 26.5 Å². The van der Waals surface area contributed by atoms with E-state index in [1.807, 2.05) is 47.3 Å². The number of nitrogens with zero attached hydrogens (tertiary/aromatic N) is 3. The van der Waals surface area contributed by atoms with Crippen molar-refractivity contribution in [3.05, 3.63) is 42.1 Å². The molecule has 0 saturated carbocycles. The van der Waals surface area contributed by atoms with Gasteiger partial charge in [-0.2, -0.15) is 0 Å². The second-order valence-corrected chi connectivity index (χ2v) is 7.47. The Balaban J connectivity index is 1.62. The molecule has 1 unspecified atom stereocenters. The molecule has 5 nitrogen and oxygen atoms in total. The monoisotopic (exact) mass is 360 g/mol. The van der Waals surface area contributed by atoms with E-state index >= 15 is 0 Å². The Kier molecular flexibility index (Phi) is 4.83. The minimum atomic E-state index is 0.724. The van der Waals surface area contributed by atoms with Crippen LogP contribution in [-0.2, 0) is 6.54 Å². The van der Waals surface area contributed by atoms with Crippen molar-refractivity contribution < 1.29 is 4.74 Å². The van der Waals surface area contributed by atoms with Gasteiger partial charge in [-0.15, -0.1) is 0 Å². The van der Waals surface area contributed by atoms with Gasteiger partial charge in [-0.3, -0.25) is 0 Å². The summed E-state index contributed by atoms with van der Waals surface area (Å²) in [6.07, 6.45) is 3.13. The van der Waals surface area contributed by atoms with Crippen LogP contribution in [0.5, 0.6) is 5.75 Å². The zero-order valence-electron chi connectivity index (χ0n) is 12.7. The quantitative estimate of drug-likeness (QED) is 0.823. The molecule has 0 spiro atoms. The van der Waals surface area contributed by atoms with Gasteiger partial charge in [0.1, 0.15) is 0 Å². The molecule has 0 aliphatic carbocycles. The van der Waals surface area contributed by atoms with E-state index in [9.17, 15) is 0 Å².